The van der Waals surface area contributed by atoms with E-state index in [1.54, 1.807) is 0 Å². The molecule has 1 aliphatic rings. The fourth-order valence-electron chi connectivity index (χ4n) is 4.03. The van der Waals surface area contributed by atoms with E-state index in [1.165, 1.54) is 0 Å². The Balaban J connectivity index is 1.70. The number of ether oxygens (including phenoxy) is 1. The molecule has 5 rings (SSSR count). The van der Waals surface area contributed by atoms with Crippen LogP contribution in [0, 0.1) is 0 Å². The summed E-state index contributed by atoms with van der Waals surface area (Å²) in [5.74, 6) is 0.498. The van der Waals surface area contributed by atoms with Gasteiger partial charge in [-0.25, -0.2) is 4.98 Å². The van der Waals surface area contributed by atoms with Crippen LogP contribution in [0.5, 0.6) is 0 Å². The summed E-state index contributed by atoms with van der Waals surface area (Å²) < 4.78 is 5.47. The number of anilines is 2. The molecule has 0 radical (unpaired) electrons. The molecule has 4 N–H and O–H groups in total. The van der Waals surface area contributed by atoms with Gasteiger partial charge < -0.3 is 30.0 Å². The van der Waals surface area contributed by atoms with Crippen LogP contribution >= 0.6 is 0 Å². The van der Waals surface area contributed by atoms with Crippen molar-refractivity contribution in [3.05, 3.63) is 52.8 Å². The number of nitrogens with one attached hydrogen (secondary N) is 3. The Hall–Kier alpha value is -3.36. The first-order valence-corrected chi connectivity index (χ1v) is 10.1. The van der Waals surface area contributed by atoms with E-state index in [-0.39, 0.29) is 12.2 Å². The molecule has 0 saturated carbocycles. The van der Waals surface area contributed by atoms with Crippen LogP contribution in [0.1, 0.15) is 0 Å². The van der Waals surface area contributed by atoms with Crippen molar-refractivity contribution in [2.24, 2.45) is 0 Å². The lowest BCUT2D eigenvalue weighted by Crippen LogP contribution is -2.36. The maximum Gasteiger partial charge on any atom is 0.261 e. The van der Waals surface area contributed by atoms with E-state index in [4.69, 9.17) is 9.72 Å². The maximum atomic E-state index is 13.0. The minimum Gasteiger partial charge on any atom is -0.395 e. The van der Waals surface area contributed by atoms with Crippen molar-refractivity contribution in [2.75, 3.05) is 49.7 Å². The highest BCUT2D eigenvalue weighted by atomic mass is 16.5. The maximum absolute atomic E-state index is 13.0. The first-order chi connectivity index (χ1) is 14.8. The molecule has 1 saturated heterocycles. The zero-order valence-corrected chi connectivity index (χ0v) is 16.4. The van der Waals surface area contributed by atoms with Crippen LogP contribution < -0.4 is 15.8 Å². The molecule has 0 amide bonds. The quantitative estimate of drug-likeness (QED) is 0.406. The predicted octanol–water partition coefficient (Wildman–Crippen LogP) is 2.31. The molecule has 1 fully saturated rings. The van der Waals surface area contributed by atoms with Crippen LogP contribution in [0.3, 0.4) is 0 Å². The molecule has 0 bridgehead atoms. The molecular formula is C22H23N5O3. The smallest absolute Gasteiger partial charge is 0.261 e. The van der Waals surface area contributed by atoms with Gasteiger partial charge in [0, 0.05) is 25.0 Å². The number of aromatic amines is 2. The minimum atomic E-state index is -0.235. The Bertz CT molecular complexity index is 1260. The van der Waals surface area contributed by atoms with E-state index >= 15 is 0 Å². The van der Waals surface area contributed by atoms with Gasteiger partial charge in [0.25, 0.3) is 5.56 Å². The Morgan fingerprint density at radius 2 is 1.87 bits per heavy atom. The van der Waals surface area contributed by atoms with Crippen molar-refractivity contribution >= 4 is 33.3 Å². The summed E-state index contributed by atoms with van der Waals surface area (Å²) >= 11 is 0. The molecule has 154 valence electrons. The predicted molar refractivity (Wildman–Crippen MR) is 118 cm³/mol. The molecule has 0 atom stereocenters. The summed E-state index contributed by atoms with van der Waals surface area (Å²) in [6, 6.07) is 13.6. The van der Waals surface area contributed by atoms with Crippen molar-refractivity contribution in [3.8, 4) is 11.4 Å². The molecular weight excluding hydrogens is 382 g/mol. The Kier molecular flexibility index (Phi) is 4.86. The first-order valence-electron chi connectivity index (χ1n) is 10.1. The largest absolute Gasteiger partial charge is 0.395 e. The SMILES string of the molecule is O=c1[nH]c2ccccc2c(NCCO)c1-c1nc2c(N3CCOCC3)cccc2[nH]1. The van der Waals surface area contributed by atoms with E-state index < -0.39 is 0 Å². The number of hydrogen-bond donors (Lipinski definition) is 4. The van der Waals surface area contributed by atoms with E-state index in [1.807, 2.05) is 42.5 Å². The Morgan fingerprint density at radius 3 is 2.70 bits per heavy atom. The van der Waals surface area contributed by atoms with E-state index in [0.717, 1.165) is 40.7 Å². The van der Waals surface area contributed by atoms with Gasteiger partial charge in [0.15, 0.2) is 0 Å². The number of rotatable bonds is 5. The average molecular weight is 405 g/mol. The lowest BCUT2D eigenvalue weighted by molar-refractivity contribution is 0.123. The number of imidazole rings is 1. The first kappa shape index (κ1) is 18.7. The summed E-state index contributed by atoms with van der Waals surface area (Å²) in [5.41, 5.74) is 4.32. The second-order valence-electron chi connectivity index (χ2n) is 7.26. The third-order valence-corrected chi connectivity index (χ3v) is 5.42. The average Bonchev–Trinajstić information content (AvgIpc) is 3.21. The van der Waals surface area contributed by atoms with Crippen LogP contribution in [0.25, 0.3) is 33.3 Å². The van der Waals surface area contributed by atoms with Gasteiger partial charge in [-0.2, -0.15) is 0 Å². The number of fused-ring (bicyclic) bond motifs is 2. The van der Waals surface area contributed by atoms with Crippen molar-refractivity contribution in [1.82, 2.24) is 15.0 Å². The molecule has 3 heterocycles. The van der Waals surface area contributed by atoms with Gasteiger partial charge in [-0.1, -0.05) is 24.3 Å². The van der Waals surface area contributed by atoms with Gasteiger partial charge in [-0.15, -0.1) is 0 Å². The Labute approximate surface area is 172 Å². The summed E-state index contributed by atoms with van der Waals surface area (Å²) in [7, 11) is 0. The van der Waals surface area contributed by atoms with Crippen LogP contribution in [-0.2, 0) is 4.74 Å². The summed E-state index contributed by atoms with van der Waals surface area (Å²) in [6.45, 7) is 3.28. The number of H-pyrrole nitrogens is 2. The number of nitrogens with zero attached hydrogens (tertiary/aromatic N) is 2. The third kappa shape index (κ3) is 3.20. The number of morpholine rings is 1. The van der Waals surface area contributed by atoms with Crippen molar-refractivity contribution in [1.29, 1.82) is 0 Å². The fraction of sp³-hybridized carbons (Fsp3) is 0.273. The molecule has 2 aromatic carbocycles. The molecule has 0 spiro atoms. The number of aliphatic hydroxyl groups is 1. The van der Waals surface area contributed by atoms with Crippen molar-refractivity contribution < 1.29 is 9.84 Å². The van der Waals surface area contributed by atoms with Crippen LogP contribution in [0.4, 0.5) is 11.4 Å². The van der Waals surface area contributed by atoms with Crippen molar-refractivity contribution in [2.45, 2.75) is 0 Å². The second-order valence-corrected chi connectivity index (χ2v) is 7.26. The highest BCUT2D eigenvalue weighted by Gasteiger charge is 2.20. The third-order valence-electron chi connectivity index (χ3n) is 5.42. The number of benzene rings is 2. The molecule has 0 aliphatic carbocycles. The molecule has 8 nitrogen and oxygen atoms in total. The van der Waals surface area contributed by atoms with Gasteiger partial charge in [-0.05, 0) is 18.2 Å². The fourth-order valence-corrected chi connectivity index (χ4v) is 4.03. The summed E-state index contributed by atoms with van der Waals surface area (Å²) in [6.07, 6.45) is 0. The summed E-state index contributed by atoms with van der Waals surface area (Å²) in [4.78, 5) is 26.4. The van der Waals surface area contributed by atoms with Gasteiger partial charge in [0.05, 0.1) is 42.2 Å². The minimum absolute atomic E-state index is 0.0398. The van der Waals surface area contributed by atoms with E-state index in [2.05, 4.69) is 20.2 Å². The number of hydrogen-bond acceptors (Lipinski definition) is 6. The molecule has 1 aliphatic heterocycles. The highest BCUT2D eigenvalue weighted by molar-refractivity contribution is 6.00. The number of para-hydroxylation sites is 2. The van der Waals surface area contributed by atoms with Gasteiger partial charge in [0.2, 0.25) is 0 Å². The zero-order chi connectivity index (χ0) is 20.5. The van der Waals surface area contributed by atoms with Crippen LogP contribution in [0.15, 0.2) is 47.3 Å². The topological polar surface area (TPSA) is 106 Å². The lowest BCUT2D eigenvalue weighted by Gasteiger charge is -2.28. The van der Waals surface area contributed by atoms with Crippen LogP contribution in [-0.4, -0.2) is 59.5 Å². The molecule has 2 aromatic heterocycles. The van der Waals surface area contributed by atoms with Gasteiger partial charge in [0.1, 0.15) is 16.9 Å². The zero-order valence-electron chi connectivity index (χ0n) is 16.4. The number of aliphatic hydroxyl groups excluding tert-OH is 1. The molecule has 8 heteroatoms. The summed E-state index contributed by atoms with van der Waals surface area (Å²) in [5, 5.41) is 13.4. The van der Waals surface area contributed by atoms with Crippen molar-refractivity contribution in [3.63, 3.8) is 0 Å². The van der Waals surface area contributed by atoms with Crippen LogP contribution in [0.2, 0.25) is 0 Å². The van der Waals surface area contributed by atoms with E-state index in [0.29, 0.717) is 36.8 Å². The van der Waals surface area contributed by atoms with Gasteiger partial charge >= 0.3 is 0 Å². The highest BCUT2D eigenvalue weighted by Crippen LogP contribution is 2.33. The molecule has 0 unspecified atom stereocenters. The Morgan fingerprint density at radius 1 is 1.07 bits per heavy atom. The van der Waals surface area contributed by atoms with E-state index in [9.17, 15) is 9.90 Å². The van der Waals surface area contributed by atoms with Gasteiger partial charge in [-0.3, -0.25) is 4.79 Å². The number of aromatic nitrogens is 3. The molecule has 30 heavy (non-hydrogen) atoms. The number of pyridine rings is 1. The standard InChI is InChI=1S/C22H23N5O3/c28-11-8-23-19-14-4-1-2-5-15(14)25-22(29)18(19)21-24-16-6-3-7-17(20(16)26-21)27-9-12-30-13-10-27/h1-7,28H,8-13H2,(H,24,26)(H2,23,25,29). The monoisotopic (exact) mass is 405 g/mol. The normalized spacial score (nSPS) is 14.5. The lowest BCUT2D eigenvalue weighted by atomic mass is 10.1. The second kappa shape index (κ2) is 7.81. The molecule has 4 aromatic rings.